The van der Waals surface area contributed by atoms with Gasteiger partial charge >= 0.3 is 5.97 Å². The molecule has 1 amide bonds. The molecule has 1 aliphatic heterocycles. The lowest BCUT2D eigenvalue weighted by molar-refractivity contribution is -0.137. The minimum atomic E-state index is -0.782. The van der Waals surface area contributed by atoms with Crippen LogP contribution in [-0.4, -0.2) is 42.8 Å². The molecular formula is C24H35N3O3. The lowest BCUT2D eigenvalue weighted by Gasteiger charge is -2.18. The van der Waals surface area contributed by atoms with Gasteiger partial charge in [-0.2, -0.15) is 0 Å². The molecule has 30 heavy (non-hydrogen) atoms. The summed E-state index contributed by atoms with van der Waals surface area (Å²) in [7, 11) is 0. The smallest absolute Gasteiger partial charge is 0.303 e. The first kappa shape index (κ1) is 22.5. The highest BCUT2D eigenvalue weighted by atomic mass is 16.4. The molecular weight excluding hydrogens is 378 g/mol. The standard InChI is InChI=1S/C24H35N3O3/c28-23(10-6-14-26-22-9-2-1-5-13-25-22)27-17-18-11-12-19-7-3-4-8-21(19)20(15-18)16-24(29)30/h3-4,7-8,11,20,22,25-26H,1-2,5-6,9-10,12-17H2,(H,27,28)(H,29,30). The van der Waals surface area contributed by atoms with E-state index in [0.717, 1.165) is 43.5 Å². The molecule has 6 nitrogen and oxygen atoms in total. The Balaban J connectivity index is 1.41. The molecule has 0 bridgehead atoms. The summed E-state index contributed by atoms with van der Waals surface area (Å²) in [5.41, 5.74) is 3.42. The fourth-order valence-corrected chi connectivity index (χ4v) is 4.45. The van der Waals surface area contributed by atoms with Crippen LogP contribution in [0.25, 0.3) is 0 Å². The van der Waals surface area contributed by atoms with E-state index in [1.165, 1.54) is 24.8 Å². The van der Waals surface area contributed by atoms with Crippen molar-refractivity contribution in [1.29, 1.82) is 0 Å². The van der Waals surface area contributed by atoms with Gasteiger partial charge in [0.2, 0.25) is 5.91 Å². The predicted molar refractivity (Wildman–Crippen MR) is 118 cm³/mol. The van der Waals surface area contributed by atoms with Crippen LogP contribution in [0.15, 0.2) is 35.9 Å². The number of carboxylic acids is 1. The zero-order valence-electron chi connectivity index (χ0n) is 17.8. The Morgan fingerprint density at radius 2 is 2.03 bits per heavy atom. The van der Waals surface area contributed by atoms with Crippen molar-refractivity contribution in [2.45, 2.75) is 69.9 Å². The van der Waals surface area contributed by atoms with Crippen molar-refractivity contribution in [1.82, 2.24) is 16.0 Å². The van der Waals surface area contributed by atoms with Crippen molar-refractivity contribution >= 4 is 11.9 Å². The van der Waals surface area contributed by atoms with Gasteiger partial charge in [-0.25, -0.2) is 0 Å². The van der Waals surface area contributed by atoms with Crippen molar-refractivity contribution in [2.75, 3.05) is 19.6 Å². The Labute approximate surface area is 179 Å². The fourth-order valence-electron chi connectivity index (χ4n) is 4.45. The average molecular weight is 414 g/mol. The molecule has 0 saturated carbocycles. The van der Waals surface area contributed by atoms with Gasteiger partial charge in [0.25, 0.3) is 0 Å². The van der Waals surface area contributed by atoms with Crippen molar-refractivity contribution in [3.63, 3.8) is 0 Å². The Bertz CT molecular complexity index is 739. The summed E-state index contributed by atoms with van der Waals surface area (Å²) in [4.78, 5) is 23.6. The van der Waals surface area contributed by atoms with E-state index in [9.17, 15) is 14.7 Å². The summed E-state index contributed by atoms with van der Waals surface area (Å²) in [6.45, 7) is 2.41. The quantitative estimate of drug-likeness (QED) is 0.369. The van der Waals surface area contributed by atoms with Crippen LogP contribution in [0, 0.1) is 0 Å². The summed E-state index contributed by atoms with van der Waals surface area (Å²) < 4.78 is 0. The van der Waals surface area contributed by atoms with Crippen molar-refractivity contribution < 1.29 is 14.7 Å². The molecule has 0 radical (unpaired) electrons. The monoisotopic (exact) mass is 413 g/mol. The van der Waals surface area contributed by atoms with E-state index in [0.29, 0.717) is 25.6 Å². The Morgan fingerprint density at radius 3 is 2.90 bits per heavy atom. The number of nitrogens with one attached hydrogen (secondary N) is 3. The summed E-state index contributed by atoms with van der Waals surface area (Å²) in [5, 5.41) is 19.4. The van der Waals surface area contributed by atoms with Crippen LogP contribution in [0.2, 0.25) is 0 Å². The third kappa shape index (κ3) is 7.26. The number of carboxylic acid groups (broad SMARTS) is 1. The summed E-state index contributed by atoms with van der Waals surface area (Å²) in [6, 6.07) is 8.07. The lowest BCUT2D eigenvalue weighted by Crippen LogP contribution is -2.42. The molecule has 1 aliphatic carbocycles. The molecule has 1 aromatic rings. The van der Waals surface area contributed by atoms with Crippen molar-refractivity contribution in [3.8, 4) is 0 Å². The molecule has 0 aromatic heterocycles. The van der Waals surface area contributed by atoms with E-state index in [-0.39, 0.29) is 18.2 Å². The third-order valence-electron chi connectivity index (χ3n) is 6.08. The number of amides is 1. The second-order valence-corrected chi connectivity index (χ2v) is 8.45. The van der Waals surface area contributed by atoms with E-state index >= 15 is 0 Å². The summed E-state index contributed by atoms with van der Waals surface area (Å²) >= 11 is 0. The van der Waals surface area contributed by atoms with Gasteiger partial charge in [0.1, 0.15) is 0 Å². The van der Waals surface area contributed by atoms with Crippen LogP contribution < -0.4 is 16.0 Å². The molecule has 0 spiro atoms. The number of hydrogen-bond donors (Lipinski definition) is 4. The van der Waals surface area contributed by atoms with E-state index in [2.05, 4.69) is 28.1 Å². The van der Waals surface area contributed by atoms with Gasteiger partial charge in [0, 0.05) is 13.0 Å². The minimum Gasteiger partial charge on any atom is -0.481 e. The molecule has 1 heterocycles. The van der Waals surface area contributed by atoms with E-state index < -0.39 is 5.97 Å². The number of rotatable bonds is 9. The molecule has 2 aliphatic rings. The van der Waals surface area contributed by atoms with Crippen LogP contribution in [-0.2, 0) is 16.0 Å². The largest absolute Gasteiger partial charge is 0.481 e. The first-order chi connectivity index (χ1) is 14.6. The number of hydrogen-bond acceptors (Lipinski definition) is 4. The van der Waals surface area contributed by atoms with Crippen LogP contribution >= 0.6 is 0 Å². The van der Waals surface area contributed by atoms with E-state index in [1.807, 2.05) is 18.2 Å². The highest BCUT2D eigenvalue weighted by Crippen LogP contribution is 2.33. The highest BCUT2D eigenvalue weighted by molar-refractivity contribution is 5.76. The van der Waals surface area contributed by atoms with Crippen LogP contribution in [0.4, 0.5) is 0 Å². The van der Waals surface area contributed by atoms with Crippen molar-refractivity contribution in [2.24, 2.45) is 0 Å². The number of benzene rings is 1. The van der Waals surface area contributed by atoms with Gasteiger partial charge in [-0.1, -0.05) is 48.8 Å². The molecule has 1 aromatic carbocycles. The maximum atomic E-state index is 12.3. The molecule has 6 heteroatoms. The van der Waals surface area contributed by atoms with Crippen LogP contribution in [0.5, 0.6) is 0 Å². The molecule has 2 unspecified atom stereocenters. The number of carbonyl (C=O) groups excluding carboxylic acids is 1. The second-order valence-electron chi connectivity index (χ2n) is 8.45. The van der Waals surface area contributed by atoms with Crippen molar-refractivity contribution in [3.05, 3.63) is 47.0 Å². The van der Waals surface area contributed by atoms with Crippen LogP contribution in [0.3, 0.4) is 0 Å². The predicted octanol–water partition coefficient (Wildman–Crippen LogP) is 3.09. The molecule has 1 fully saturated rings. The van der Waals surface area contributed by atoms with E-state index in [4.69, 9.17) is 0 Å². The maximum Gasteiger partial charge on any atom is 0.303 e. The van der Waals surface area contributed by atoms with Gasteiger partial charge < -0.3 is 21.1 Å². The first-order valence-corrected chi connectivity index (χ1v) is 11.3. The maximum absolute atomic E-state index is 12.3. The van der Waals surface area contributed by atoms with Gasteiger partial charge in [-0.05, 0) is 62.2 Å². The molecule has 1 saturated heterocycles. The normalized spacial score (nSPS) is 21.7. The Kier molecular flexibility index (Phi) is 8.90. The number of aliphatic carboxylic acids is 1. The van der Waals surface area contributed by atoms with Gasteiger partial charge in [-0.3, -0.25) is 9.59 Å². The van der Waals surface area contributed by atoms with Gasteiger partial charge in [-0.15, -0.1) is 0 Å². The van der Waals surface area contributed by atoms with Gasteiger partial charge in [0.15, 0.2) is 0 Å². The molecule has 3 rings (SSSR count). The molecule has 4 N–H and O–H groups in total. The zero-order chi connectivity index (χ0) is 21.2. The molecule has 164 valence electrons. The second kappa shape index (κ2) is 11.9. The summed E-state index contributed by atoms with van der Waals surface area (Å²) in [6.07, 6.45) is 10.4. The van der Waals surface area contributed by atoms with Gasteiger partial charge in [0.05, 0.1) is 12.6 Å². The lowest BCUT2D eigenvalue weighted by atomic mass is 9.88. The summed E-state index contributed by atoms with van der Waals surface area (Å²) in [5.74, 6) is -0.764. The fraction of sp³-hybridized carbons (Fsp3) is 0.583. The zero-order valence-corrected chi connectivity index (χ0v) is 17.8. The number of fused-ring (bicyclic) bond motifs is 1. The molecule has 2 atom stereocenters. The van der Waals surface area contributed by atoms with Crippen LogP contribution in [0.1, 0.15) is 68.4 Å². The SMILES string of the molecule is O=C(O)CC1CC(CNC(=O)CCCNC2CCCCCN2)=CCc2ccccc21. The number of allylic oxidation sites excluding steroid dienone is 1. The average Bonchev–Trinajstić information content (AvgIpc) is 3.09. The Morgan fingerprint density at radius 1 is 1.17 bits per heavy atom. The van der Waals surface area contributed by atoms with E-state index in [1.54, 1.807) is 0 Å². The minimum absolute atomic E-state index is 0.0411. The highest BCUT2D eigenvalue weighted by Gasteiger charge is 2.22. The first-order valence-electron chi connectivity index (χ1n) is 11.3. The topological polar surface area (TPSA) is 90.5 Å². The number of carbonyl (C=O) groups is 2. The Hall–Kier alpha value is -2.18. The third-order valence-corrected chi connectivity index (χ3v) is 6.08.